The molecule has 0 spiro atoms. The van der Waals surface area contributed by atoms with Crippen molar-refractivity contribution >= 4 is 21.4 Å². The lowest BCUT2D eigenvalue weighted by molar-refractivity contribution is 0.578. The summed E-state index contributed by atoms with van der Waals surface area (Å²) in [6, 6.07) is 3.76. The zero-order chi connectivity index (χ0) is 13.9. The summed E-state index contributed by atoms with van der Waals surface area (Å²) in [6.07, 6.45) is 3.32. The van der Waals surface area contributed by atoms with Gasteiger partial charge in [0.05, 0.1) is 4.88 Å². The highest BCUT2D eigenvalue weighted by Crippen LogP contribution is 2.29. The van der Waals surface area contributed by atoms with Crippen molar-refractivity contribution in [2.45, 2.75) is 24.7 Å². The molecule has 0 atom stereocenters. The first kappa shape index (κ1) is 14.2. The predicted molar refractivity (Wildman–Crippen MR) is 76.6 cm³/mol. The summed E-state index contributed by atoms with van der Waals surface area (Å²) in [7, 11) is -1.77. The molecule has 0 aliphatic rings. The summed E-state index contributed by atoms with van der Waals surface area (Å²) >= 11 is 1.48. The van der Waals surface area contributed by atoms with Crippen molar-refractivity contribution in [2.75, 3.05) is 6.54 Å². The third-order valence-electron chi connectivity index (χ3n) is 2.66. The van der Waals surface area contributed by atoms with Crippen LogP contribution in [0.25, 0.3) is 10.6 Å². The number of nitrogens with zero attached hydrogens (tertiary/aromatic N) is 2. The minimum absolute atomic E-state index is 0.244. The highest BCUT2D eigenvalue weighted by Gasteiger charge is 2.23. The number of thiophene rings is 1. The lowest BCUT2D eigenvalue weighted by Gasteiger charge is -2.05. The lowest BCUT2D eigenvalue weighted by Crippen LogP contribution is -2.24. The lowest BCUT2D eigenvalue weighted by atomic mass is 10.3. The number of unbranched alkanes of at least 4 members (excludes halogenated alkanes) is 1. The Morgan fingerprint density at radius 1 is 1.47 bits per heavy atom. The highest BCUT2D eigenvalue weighted by molar-refractivity contribution is 7.89. The van der Waals surface area contributed by atoms with Gasteiger partial charge in [-0.15, -0.1) is 11.3 Å². The van der Waals surface area contributed by atoms with Crippen molar-refractivity contribution in [1.82, 2.24) is 14.5 Å². The summed E-state index contributed by atoms with van der Waals surface area (Å²) in [6.45, 7) is 2.48. The van der Waals surface area contributed by atoms with Gasteiger partial charge in [0, 0.05) is 19.8 Å². The second-order valence-electron chi connectivity index (χ2n) is 4.24. The number of sulfonamides is 1. The van der Waals surface area contributed by atoms with Crippen molar-refractivity contribution in [2.24, 2.45) is 7.05 Å². The summed E-state index contributed by atoms with van der Waals surface area (Å²) in [5, 5.41) is 6.16. The maximum atomic E-state index is 12.3. The summed E-state index contributed by atoms with van der Waals surface area (Å²) < 4.78 is 28.7. The van der Waals surface area contributed by atoms with E-state index >= 15 is 0 Å². The topological polar surface area (TPSA) is 64.0 Å². The maximum absolute atomic E-state index is 12.3. The number of aryl methyl sites for hydroxylation is 1. The molecular weight excluding hydrogens is 282 g/mol. The summed E-state index contributed by atoms with van der Waals surface area (Å²) in [5.74, 6) is 0. The smallest absolute Gasteiger partial charge is 0.244 e. The Morgan fingerprint density at radius 3 is 2.89 bits per heavy atom. The highest BCUT2D eigenvalue weighted by atomic mass is 32.2. The van der Waals surface area contributed by atoms with Gasteiger partial charge in [-0.1, -0.05) is 19.4 Å². The van der Waals surface area contributed by atoms with E-state index in [2.05, 4.69) is 9.82 Å². The molecule has 0 fully saturated rings. The number of hydrogen-bond acceptors (Lipinski definition) is 4. The fourth-order valence-electron chi connectivity index (χ4n) is 1.71. The molecule has 2 heterocycles. The van der Waals surface area contributed by atoms with E-state index in [0.29, 0.717) is 12.2 Å². The van der Waals surface area contributed by atoms with E-state index in [0.717, 1.165) is 17.7 Å². The van der Waals surface area contributed by atoms with Gasteiger partial charge < -0.3 is 0 Å². The average molecular weight is 299 g/mol. The fraction of sp³-hybridized carbons (Fsp3) is 0.417. The molecule has 0 bridgehead atoms. The molecule has 2 aromatic heterocycles. The number of nitrogens with one attached hydrogen (secondary N) is 1. The molecule has 1 N–H and O–H groups in total. The van der Waals surface area contributed by atoms with Crippen LogP contribution in [0.2, 0.25) is 0 Å². The van der Waals surface area contributed by atoms with Gasteiger partial charge in [-0.25, -0.2) is 13.1 Å². The molecule has 0 saturated carbocycles. The first-order valence-electron chi connectivity index (χ1n) is 6.12. The SMILES string of the molecule is CCCCNS(=O)(=O)c1cn(C)nc1-c1cccs1. The van der Waals surface area contributed by atoms with Gasteiger partial charge in [0.2, 0.25) is 10.0 Å². The third kappa shape index (κ3) is 3.23. The van der Waals surface area contributed by atoms with Crippen LogP contribution in [0.4, 0.5) is 0 Å². The van der Waals surface area contributed by atoms with Crippen LogP contribution in [-0.2, 0) is 17.1 Å². The van der Waals surface area contributed by atoms with Gasteiger partial charge in [0.15, 0.2) is 0 Å². The molecule has 0 aliphatic heterocycles. The van der Waals surface area contributed by atoms with Crippen molar-refractivity contribution in [1.29, 1.82) is 0 Å². The van der Waals surface area contributed by atoms with Gasteiger partial charge in [-0.3, -0.25) is 4.68 Å². The predicted octanol–water partition coefficient (Wildman–Crippen LogP) is 2.23. The first-order chi connectivity index (χ1) is 9.04. The standard InChI is InChI=1S/C12H17N3O2S2/c1-3-4-7-13-19(16,17)11-9-15(2)14-12(11)10-6-5-8-18-10/h5-6,8-9,13H,3-4,7H2,1-2H3. The largest absolute Gasteiger partial charge is 0.274 e. The van der Waals surface area contributed by atoms with E-state index in [1.165, 1.54) is 16.0 Å². The van der Waals surface area contributed by atoms with Crippen molar-refractivity contribution < 1.29 is 8.42 Å². The average Bonchev–Trinajstić information content (AvgIpc) is 2.97. The van der Waals surface area contributed by atoms with Crippen molar-refractivity contribution in [3.8, 4) is 10.6 Å². The molecule has 0 saturated heterocycles. The fourth-order valence-corrected chi connectivity index (χ4v) is 3.76. The van der Waals surface area contributed by atoms with E-state index in [1.54, 1.807) is 13.2 Å². The second kappa shape index (κ2) is 5.85. The molecule has 0 unspecified atom stereocenters. The van der Waals surface area contributed by atoms with Crippen LogP contribution in [0.15, 0.2) is 28.6 Å². The molecule has 0 aromatic carbocycles. The zero-order valence-electron chi connectivity index (χ0n) is 11.0. The second-order valence-corrected chi connectivity index (χ2v) is 6.93. The van der Waals surface area contributed by atoms with Crippen molar-refractivity contribution in [3.63, 3.8) is 0 Å². The molecule has 19 heavy (non-hydrogen) atoms. The molecule has 0 aliphatic carbocycles. The normalized spacial score (nSPS) is 11.9. The Bertz CT molecular complexity index is 630. The van der Waals surface area contributed by atoms with Crippen molar-refractivity contribution in [3.05, 3.63) is 23.7 Å². The number of hydrogen-bond donors (Lipinski definition) is 1. The molecule has 5 nitrogen and oxygen atoms in total. The maximum Gasteiger partial charge on any atom is 0.244 e. The Hall–Kier alpha value is -1.18. The minimum Gasteiger partial charge on any atom is -0.274 e. The third-order valence-corrected chi connectivity index (χ3v) is 5.00. The van der Waals surface area contributed by atoms with E-state index < -0.39 is 10.0 Å². The molecule has 2 aromatic rings. The van der Waals surface area contributed by atoms with E-state index in [1.807, 2.05) is 24.4 Å². The van der Waals surface area contributed by atoms with Crippen LogP contribution < -0.4 is 4.72 Å². The van der Waals surface area contributed by atoms with Gasteiger partial charge in [0.1, 0.15) is 10.6 Å². The van der Waals surface area contributed by atoms with Crippen LogP contribution in [-0.4, -0.2) is 24.7 Å². The summed E-state index contributed by atoms with van der Waals surface area (Å²) in [4.78, 5) is 1.10. The van der Waals surface area contributed by atoms with E-state index in [4.69, 9.17) is 0 Å². The molecular formula is C12H17N3O2S2. The molecule has 0 radical (unpaired) electrons. The van der Waals surface area contributed by atoms with Gasteiger partial charge in [0.25, 0.3) is 0 Å². The van der Waals surface area contributed by atoms with Gasteiger partial charge in [-0.05, 0) is 17.9 Å². The molecule has 104 valence electrons. The quantitative estimate of drug-likeness (QED) is 0.832. The minimum atomic E-state index is -3.50. The first-order valence-corrected chi connectivity index (χ1v) is 8.48. The van der Waals surface area contributed by atoms with Crippen LogP contribution in [0, 0.1) is 0 Å². The van der Waals surface area contributed by atoms with Crippen LogP contribution >= 0.6 is 11.3 Å². The zero-order valence-corrected chi connectivity index (χ0v) is 12.6. The van der Waals surface area contributed by atoms with E-state index in [-0.39, 0.29) is 4.90 Å². The van der Waals surface area contributed by atoms with Crippen LogP contribution in [0.1, 0.15) is 19.8 Å². The molecule has 0 amide bonds. The van der Waals surface area contributed by atoms with Crippen LogP contribution in [0.5, 0.6) is 0 Å². The molecule has 2 rings (SSSR count). The van der Waals surface area contributed by atoms with E-state index in [9.17, 15) is 8.42 Å². The van der Waals surface area contributed by atoms with Gasteiger partial charge in [-0.2, -0.15) is 5.10 Å². The Balaban J connectivity index is 2.34. The summed E-state index contributed by atoms with van der Waals surface area (Å²) in [5.41, 5.74) is 0.515. The van der Waals surface area contributed by atoms with Crippen LogP contribution in [0.3, 0.4) is 0 Å². The Kier molecular flexibility index (Phi) is 4.38. The Labute approximate surface area is 117 Å². The number of rotatable bonds is 6. The van der Waals surface area contributed by atoms with Gasteiger partial charge >= 0.3 is 0 Å². The number of aromatic nitrogens is 2. The monoisotopic (exact) mass is 299 g/mol. The molecule has 7 heteroatoms. The Morgan fingerprint density at radius 2 is 2.26 bits per heavy atom.